The second kappa shape index (κ2) is 3.90. The minimum Gasteiger partial charge on any atom is -0.337 e. The third-order valence-electron chi connectivity index (χ3n) is 3.05. The summed E-state index contributed by atoms with van der Waals surface area (Å²) in [4.78, 5) is 10.6. The molecule has 2 nitrogen and oxygen atoms in total. The molecule has 0 amide bonds. The Bertz CT molecular complexity index is 522. The topological polar surface area (TPSA) is 18.5 Å². The van der Waals surface area contributed by atoms with Gasteiger partial charge in [0.1, 0.15) is 6.61 Å². The van der Waals surface area contributed by atoms with E-state index < -0.39 is 0 Å². The summed E-state index contributed by atoms with van der Waals surface area (Å²) in [5.74, 6) is 0.799. The van der Waals surface area contributed by atoms with E-state index in [1.807, 2.05) is 13.0 Å². The van der Waals surface area contributed by atoms with Gasteiger partial charge < -0.3 is 4.89 Å². The Morgan fingerprint density at radius 3 is 2.41 bits per heavy atom. The van der Waals surface area contributed by atoms with E-state index >= 15 is 0 Å². The first-order valence-corrected chi connectivity index (χ1v) is 5.74. The highest BCUT2D eigenvalue weighted by Crippen LogP contribution is 2.36. The molecule has 0 unspecified atom stereocenters. The van der Waals surface area contributed by atoms with E-state index in [4.69, 9.17) is 9.78 Å². The molecular weight excluding hydrogens is 212 g/mol. The second-order valence-corrected chi connectivity index (χ2v) is 4.51. The van der Waals surface area contributed by atoms with Gasteiger partial charge in [-0.3, -0.25) is 0 Å². The molecule has 0 aromatic heterocycles. The number of aryl methyl sites for hydroxylation is 2. The van der Waals surface area contributed by atoms with Gasteiger partial charge in [0, 0.05) is 5.56 Å². The van der Waals surface area contributed by atoms with Crippen molar-refractivity contribution in [2.45, 2.75) is 20.5 Å². The number of benzene rings is 2. The fourth-order valence-electron chi connectivity index (χ4n) is 2.18. The molecule has 0 spiro atoms. The molecule has 0 bridgehead atoms. The SMILES string of the molecule is Cc1ccc2c(c1)COOc1cc(C)ccc1-2. The van der Waals surface area contributed by atoms with Crippen LogP contribution in [-0.4, -0.2) is 0 Å². The molecule has 2 heteroatoms. The fraction of sp³-hybridized carbons (Fsp3) is 0.200. The summed E-state index contributed by atoms with van der Waals surface area (Å²) < 4.78 is 0. The van der Waals surface area contributed by atoms with E-state index in [1.54, 1.807) is 0 Å². The molecule has 0 radical (unpaired) electrons. The van der Waals surface area contributed by atoms with Crippen LogP contribution in [0.5, 0.6) is 5.75 Å². The monoisotopic (exact) mass is 226 g/mol. The molecule has 0 N–H and O–H groups in total. The summed E-state index contributed by atoms with van der Waals surface area (Å²) in [6, 6.07) is 12.6. The first-order chi connectivity index (χ1) is 8.24. The van der Waals surface area contributed by atoms with Crippen molar-refractivity contribution in [3.8, 4) is 16.9 Å². The van der Waals surface area contributed by atoms with Crippen LogP contribution in [0.25, 0.3) is 11.1 Å². The predicted octanol–water partition coefficient (Wildman–Crippen LogP) is 3.79. The van der Waals surface area contributed by atoms with Gasteiger partial charge in [0.2, 0.25) is 0 Å². The number of fused-ring (bicyclic) bond motifs is 3. The molecule has 3 rings (SSSR count). The number of hydrogen-bond acceptors (Lipinski definition) is 2. The van der Waals surface area contributed by atoms with Crippen LogP contribution in [0.2, 0.25) is 0 Å². The Balaban J connectivity index is 2.24. The Kier molecular flexibility index (Phi) is 2.37. The maximum absolute atomic E-state index is 5.35. The molecule has 2 aromatic rings. The molecule has 0 atom stereocenters. The van der Waals surface area contributed by atoms with Gasteiger partial charge in [-0.25, -0.2) is 0 Å². The van der Waals surface area contributed by atoms with Crippen LogP contribution in [0.3, 0.4) is 0 Å². The molecule has 1 aliphatic heterocycles. The minimum atomic E-state index is 0.491. The van der Waals surface area contributed by atoms with E-state index in [9.17, 15) is 0 Å². The summed E-state index contributed by atoms with van der Waals surface area (Å²) >= 11 is 0. The molecule has 0 saturated carbocycles. The first-order valence-electron chi connectivity index (χ1n) is 5.74. The van der Waals surface area contributed by atoms with Gasteiger partial charge in [-0.2, -0.15) is 4.89 Å². The summed E-state index contributed by atoms with van der Waals surface area (Å²) in [6.45, 7) is 4.62. The van der Waals surface area contributed by atoms with Crippen LogP contribution in [0.15, 0.2) is 36.4 Å². The van der Waals surface area contributed by atoms with Crippen LogP contribution in [-0.2, 0) is 11.5 Å². The van der Waals surface area contributed by atoms with Crippen LogP contribution in [0.4, 0.5) is 0 Å². The quantitative estimate of drug-likeness (QED) is 0.636. The standard InChI is InChI=1S/C15H14O2/c1-10-3-5-13-12(7-10)9-16-17-15-8-11(2)4-6-14(13)15/h3-8H,9H2,1-2H3. The van der Waals surface area contributed by atoms with Crippen LogP contribution in [0, 0.1) is 13.8 Å². The Hall–Kier alpha value is -1.80. The molecule has 2 aromatic carbocycles. The molecular formula is C15H14O2. The highest BCUT2D eigenvalue weighted by atomic mass is 17.2. The average molecular weight is 226 g/mol. The third-order valence-corrected chi connectivity index (χ3v) is 3.05. The largest absolute Gasteiger partial charge is 0.337 e. The Morgan fingerprint density at radius 1 is 0.882 bits per heavy atom. The van der Waals surface area contributed by atoms with E-state index in [0.29, 0.717) is 6.61 Å². The summed E-state index contributed by atoms with van der Waals surface area (Å²) in [7, 11) is 0. The molecule has 0 aliphatic carbocycles. The van der Waals surface area contributed by atoms with Gasteiger partial charge in [-0.15, -0.1) is 0 Å². The van der Waals surface area contributed by atoms with Crippen LogP contribution >= 0.6 is 0 Å². The van der Waals surface area contributed by atoms with Crippen molar-refractivity contribution in [1.29, 1.82) is 0 Å². The second-order valence-electron chi connectivity index (χ2n) is 4.51. The van der Waals surface area contributed by atoms with Crippen molar-refractivity contribution < 1.29 is 9.78 Å². The van der Waals surface area contributed by atoms with Crippen LogP contribution in [0.1, 0.15) is 16.7 Å². The van der Waals surface area contributed by atoms with Gasteiger partial charge in [0.25, 0.3) is 0 Å². The van der Waals surface area contributed by atoms with Crippen molar-refractivity contribution in [3.05, 3.63) is 53.1 Å². The molecule has 17 heavy (non-hydrogen) atoms. The molecule has 86 valence electrons. The summed E-state index contributed by atoms with van der Waals surface area (Å²) in [5, 5.41) is 0. The number of rotatable bonds is 0. The van der Waals surface area contributed by atoms with E-state index in [1.165, 1.54) is 22.3 Å². The highest BCUT2D eigenvalue weighted by molar-refractivity contribution is 5.74. The lowest BCUT2D eigenvalue weighted by Gasteiger charge is -2.07. The van der Waals surface area contributed by atoms with Gasteiger partial charge in [0.05, 0.1) is 0 Å². The Morgan fingerprint density at radius 2 is 1.59 bits per heavy atom. The smallest absolute Gasteiger partial charge is 0.173 e. The van der Waals surface area contributed by atoms with E-state index in [2.05, 4.69) is 37.3 Å². The van der Waals surface area contributed by atoms with Crippen molar-refractivity contribution >= 4 is 0 Å². The lowest BCUT2D eigenvalue weighted by Crippen LogP contribution is -1.95. The Labute approximate surface area is 101 Å². The number of hydrogen-bond donors (Lipinski definition) is 0. The predicted molar refractivity (Wildman–Crippen MR) is 66.8 cm³/mol. The van der Waals surface area contributed by atoms with Gasteiger partial charge in [-0.1, -0.05) is 35.9 Å². The normalized spacial score (nSPS) is 13.3. The zero-order valence-corrected chi connectivity index (χ0v) is 9.99. The lowest BCUT2D eigenvalue weighted by atomic mass is 9.97. The van der Waals surface area contributed by atoms with Gasteiger partial charge in [-0.05, 0) is 36.6 Å². The van der Waals surface area contributed by atoms with E-state index in [0.717, 1.165) is 11.3 Å². The average Bonchev–Trinajstić information content (AvgIpc) is 2.47. The highest BCUT2D eigenvalue weighted by Gasteiger charge is 2.16. The molecule has 1 heterocycles. The minimum absolute atomic E-state index is 0.491. The fourth-order valence-corrected chi connectivity index (χ4v) is 2.18. The molecule has 0 saturated heterocycles. The van der Waals surface area contributed by atoms with Gasteiger partial charge >= 0.3 is 0 Å². The third kappa shape index (κ3) is 1.81. The van der Waals surface area contributed by atoms with Gasteiger partial charge in [0.15, 0.2) is 5.75 Å². The van der Waals surface area contributed by atoms with Crippen molar-refractivity contribution in [2.75, 3.05) is 0 Å². The molecule has 1 aliphatic rings. The van der Waals surface area contributed by atoms with Crippen LogP contribution < -0.4 is 4.89 Å². The zero-order chi connectivity index (χ0) is 11.8. The van der Waals surface area contributed by atoms with Crippen molar-refractivity contribution in [2.24, 2.45) is 0 Å². The lowest BCUT2D eigenvalue weighted by molar-refractivity contribution is -0.215. The van der Waals surface area contributed by atoms with Crippen molar-refractivity contribution in [3.63, 3.8) is 0 Å². The maximum atomic E-state index is 5.35. The summed E-state index contributed by atoms with van der Waals surface area (Å²) in [5.41, 5.74) is 5.88. The summed E-state index contributed by atoms with van der Waals surface area (Å²) in [6.07, 6.45) is 0. The zero-order valence-electron chi connectivity index (χ0n) is 9.99. The van der Waals surface area contributed by atoms with Crippen molar-refractivity contribution in [1.82, 2.24) is 0 Å². The maximum Gasteiger partial charge on any atom is 0.173 e. The van der Waals surface area contributed by atoms with E-state index in [-0.39, 0.29) is 0 Å². The molecule has 0 fully saturated rings. The first kappa shape index (κ1) is 10.4.